The molecule has 2 aromatic rings. The Morgan fingerprint density at radius 3 is 2.71 bits per heavy atom. The van der Waals surface area contributed by atoms with Crippen LogP contribution in [0.5, 0.6) is 0 Å². The van der Waals surface area contributed by atoms with E-state index in [0.29, 0.717) is 6.54 Å². The van der Waals surface area contributed by atoms with Crippen molar-refractivity contribution in [2.24, 2.45) is 0 Å². The van der Waals surface area contributed by atoms with Crippen molar-refractivity contribution in [3.8, 4) is 0 Å². The van der Waals surface area contributed by atoms with Crippen molar-refractivity contribution in [3.63, 3.8) is 0 Å². The van der Waals surface area contributed by atoms with Gasteiger partial charge in [0.05, 0.1) is 5.02 Å². The van der Waals surface area contributed by atoms with Crippen LogP contribution in [0.3, 0.4) is 0 Å². The third-order valence-electron chi connectivity index (χ3n) is 3.95. The molecule has 0 fully saturated rings. The first-order chi connectivity index (χ1) is 11.5. The van der Waals surface area contributed by atoms with Crippen molar-refractivity contribution >= 4 is 29.2 Å². The molecule has 1 atom stereocenters. The van der Waals surface area contributed by atoms with E-state index >= 15 is 0 Å². The van der Waals surface area contributed by atoms with Gasteiger partial charge in [0.15, 0.2) is 6.10 Å². The highest BCUT2D eigenvalue weighted by Crippen LogP contribution is 2.28. The van der Waals surface area contributed by atoms with E-state index in [0.717, 1.165) is 23.7 Å². The predicted octanol–water partition coefficient (Wildman–Crippen LogP) is 3.61. The maximum atomic E-state index is 13.8. The second kappa shape index (κ2) is 6.61. The molecule has 1 amide bonds. The molecule has 3 rings (SSSR count). The molecule has 24 heavy (non-hydrogen) atoms. The summed E-state index contributed by atoms with van der Waals surface area (Å²) in [6.45, 7) is 2.00. The second-order valence-electron chi connectivity index (χ2n) is 5.51. The summed E-state index contributed by atoms with van der Waals surface area (Å²) in [6.07, 6.45) is -0.291. The van der Waals surface area contributed by atoms with Crippen molar-refractivity contribution in [2.45, 2.75) is 19.4 Å². The molecule has 2 aromatic carbocycles. The zero-order chi connectivity index (χ0) is 17.3. The molecule has 1 aliphatic heterocycles. The van der Waals surface area contributed by atoms with Gasteiger partial charge in [0.2, 0.25) is 0 Å². The molecule has 0 aliphatic carbocycles. The number of benzene rings is 2. The molecule has 0 saturated heterocycles. The Hall–Kier alpha value is -2.40. The summed E-state index contributed by atoms with van der Waals surface area (Å²) >= 11 is 5.85. The van der Waals surface area contributed by atoms with Gasteiger partial charge in [0.1, 0.15) is 11.4 Å². The van der Waals surface area contributed by atoms with Gasteiger partial charge in [-0.2, -0.15) is 0 Å². The van der Waals surface area contributed by atoms with Crippen LogP contribution in [-0.4, -0.2) is 24.5 Å². The number of rotatable bonds is 3. The quantitative estimate of drug-likeness (QED) is 0.797. The molecule has 1 unspecified atom stereocenters. The summed E-state index contributed by atoms with van der Waals surface area (Å²) in [5, 5.41) is -0.0498. The van der Waals surface area contributed by atoms with Crippen molar-refractivity contribution in [2.75, 3.05) is 11.4 Å². The monoisotopic (exact) mass is 347 g/mol. The lowest BCUT2D eigenvalue weighted by Gasteiger charge is -2.22. The fourth-order valence-electron chi connectivity index (χ4n) is 2.75. The van der Waals surface area contributed by atoms with Gasteiger partial charge in [-0.25, -0.2) is 9.18 Å². The molecule has 0 aromatic heterocycles. The number of anilines is 1. The fourth-order valence-corrected chi connectivity index (χ4v) is 2.99. The third kappa shape index (κ3) is 2.99. The van der Waals surface area contributed by atoms with E-state index in [1.165, 1.54) is 19.1 Å². The normalized spacial score (nSPS) is 14.2. The first kappa shape index (κ1) is 16.5. The number of halogens is 2. The summed E-state index contributed by atoms with van der Waals surface area (Å²) in [5.41, 5.74) is 1.52. The van der Waals surface area contributed by atoms with Crippen molar-refractivity contribution in [1.29, 1.82) is 0 Å². The number of ether oxygens (including phenoxy) is 1. The molecular weight excluding hydrogens is 333 g/mol. The third-order valence-corrected chi connectivity index (χ3v) is 4.27. The number of hydrogen-bond acceptors (Lipinski definition) is 3. The standard InChI is InChI=1S/C18H15ClFNO3/c1-11(24-18(23)16-13(19)6-4-7-14(16)20)17(22)21-10-9-12-5-2-3-8-15(12)21/h2-8,11H,9-10H2,1H3. The summed E-state index contributed by atoms with van der Waals surface area (Å²) < 4.78 is 18.9. The molecule has 6 heteroatoms. The van der Waals surface area contributed by atoms with Gasteiger partial charge in [-0.1, -0.05) is 35.9 Å². The average molecular weight is 348 g/mol. The van der Waals surface area contributed by atoms with Gasteiger partial charge in [-0.15, -0.1) is 0 Å². The van der Waals surface area contributed by atoms with Crippen LogP contribution in [0.25, 0.3) is 0 Å². The van der Waals surface area contributed by atoms with Crippen molar-refractivity contribution in [1.82, 2.24) is 0 Å². The van der Waals surface area contributed by atoms with Crippen LogP contribution in [0.2, 0.25) is 5.02 Å². The van der Waals surface area contributed by atoms with E-state index < -0.39 is 17.9 Å². The largest absolute Gasteiger partial charge is 0.449 e. The number of fused-ring (bicyclic) bond motifs is 1. The summed E-state index contributed by atoms with van der Waals surface area (Å²) in [6, 6.07) is 11.5. The molecule has 0 spiro atoms. The zero-order valence-corrected chi connectivity index (χ0v) is 13.7. The van der Waals surface area contributed by atoms with Crippen LogP contribution in [0.1, 0.15) is 22.8 Å². The Morgan fingerprint density at radius 1 is 1.21 bits per heavy atom. The maximum Gasteiger partial charge on any atom is 0.343 e. The minimum atomic E-state index is -1.04. The van der Waals surface area contributed by atoms with E-state index in [1.54, 1.807) is 4.90 Å². The SMILES string of the molecule is CC(OC(=O)c1c(F)cccc1Cl)C(=O)N1CCc2ccccc21. The van der Waals surface area contributed by atoms with Gasteiger partial charge in [-0.05, 0) is 37.1 Å². The van der Waals surface area contributed by atoms with Crippen LogP contribution in [0, 0.1) is 5.82 Å². The number of hydrogen-bond donors (Lipinski definition) is 0. The van der Waals surface area contributed by atoms with E-state index in [4.69, 9.17) is 16.3 Å². The lowest BCUT2D eigenvalue weighted by molar-refractivity contribution is -0.126. The lowest BCUT2D eigenvalue weighted by atomic mass is 10.2. The highest BCUT2D eigenvalue weighted by atomic mass is 35.5. The maximum absolute atomic E-state index is 13.8. The second-order valence-corrected chi connectivity index (χ2v) is 5.92. The van der Waals surface area contributed by atoms with Gasteiger partial charge < -0.3 is 9.64 Å². The number of nitrogens with zero attached hydrogens (tertiary/aromatic N) is 1. The summed E-state index contributed by atoms with van der Waals surface area (Å²) in [5.74, 6) is -2.08. The Kier molecular flexibility index (Phi) is 4.53. The molecule has 0 N–H and O–H groups in total. The Balaban J connectivity index is 1.75. The summed E-state index contributed by atoms with van der Waals surface area (Å²) in [4.78, 5) is 26.3. The molecule has 1 aliphatic rings. The minimum absolute atomic E-state index is 0.0498. The predicted molar refractivity (Wildman–Crippen MR) is 88.8 cm³/mol. The molecule has 124 valence electrons. The lowest BCUT2D eigenvalue weighted by Crippen LogP contribution is -2.39. The van der Waals surface area contributed by atoms with E-state index in [1.807, 2.05) is 24.3 Å². The number of amides is 1. The van der Waals surface area contributed by atoms with Crippen LogP contribution in [-0.2, 0) is 16.0 Å². The first-order valence-corrected chi connectivity index (χ1v) is 7.91. The van der Waals surface area contributed by atoms with Crippen LogP contribution in [0.15, 0.2) is 42.5 Å². The smallest absolute Gasteiger partial charge is 0.343 e. The zero-order valence-electron chi connectivity index (χ0n) is 13.0. The van der Waals surface area contributed by atoms with Gasteiger partial charge >= 0.3 is 5.97 Å². The Morgan fingerprint density at radius 2 is 1.96 bits per heavy atom. The fraction of sp³-hybridized carbons (Fsp3) is 0.222. The Labute approximate surface area is 143 Å². The number of esters is 1. The first-order valence-electron chi connectivity index (χ1n) is 7.53. The number of carbonyl (C=O) groups excluding carboxylic acids is 2. The Bertz CT molecular complexity index is 788. The summed E-state index contributed by atoms with van der Waals surface area (Å²) in [7, 11) is 0. The van der Waals surface area contributed by atoms with Gasteiger partial charge in [0, 0.05) is 12.2 Å². The average Bonchev–Trinajstić information content (AvgIpc) is 2.97. The van der Waals surface area contributed by atoms with E-state index in [9.17, 15) is 14.0 Å². The minimum Gasteiger partial charge on any atom is -0.449 e. The molecule has 0 saturated carbocycles. The van der Waals surface area contributed by atoms with E-state index in [2.05, 4.69) is 0 Å². The molecular formula is C18H15ClFNO3. The van der Waals surface area contributed by atoms with Gasteiger partial charge in [0.25, 0.3) is 5.91 Å². The highest BCUT2D eigenvalue weighted by Gasteiger charge is 2.30. The van der Waals surface area contributed by atoms with Gasteiger partial charge in [-0.3, -0.25) is 4.79 Å². The molecule has 1 heterocycles. The molecule has 0 radical (unpaired) electrons. The van der Waals surface area contributed by atoms with Crippen molar-refractivity contribution < 1.29 is 18.7 Å². The van der Waals surface area contributed by atoms with E-state index in [-0.39, 0.29) is 16.5 Å². The van der Waals surface area contributed by atoms with Crippen LogP contribution >= 0.6 is 11.6 Å². The number of para-hydroxylation sites is 1. The molecule has 0 bridgehead atoms. The number of carbonyl (C=O) groups is 2. The van der Waals surface area contributed by atoms with Crippen LogP contribution < -0.4 is 4.90 Å². The van der Waals surface area contributed by atoms with Crippen LogP contribution in [0.4, 0.5) is 10.1 Å². The topological polar surface area (TPSA) is 46.6 Å². The molecule has 4 nitrogen and oxygen atoms in total. The van der Waals surface area contributed by atoms with Crippen molar-refractivity contribution in [3.05, 3.63) is 64.4 Å². The highest BCUT2D eigenvalue weighted by molar-refractivity contribution is 6.33.